The van der Waals surface area contributed by atoms with Gasteiger partial charge in [-0.25, -0.2) is 23.5 Å². The number of aromatic nitrogens is 7. The number of carbonyl (C=O) groups excluding carboxylic acids is 2. The van der Waals surface area contributed by atoms with Gasteiger partial charge in [-0.2, -0.15) is 0 Å². The van der Waals surface area contributed by atoms with Crippen LogP contribution >= 0.6 is 0 Å². The van der Waals surface area contributed by atoms with Crippen molar-refractivity contribution in [3.8, 4) is 11.3 Å². The van der Waals surface area contributed by atoms with Crippen LogP contribution in [0.25, 0.3) is 22.4 Å². The van der Waals surface area contributed by atoms with Crippen molar-refractivity contribution in [3.05, 3.63) is 63.1 Å². The molecular weight excluding hydrogens is 502 g/mol. The minimum Gasteiger partial charge on any atom is -0.315 e. The highest BCUT2D eigenvalue weighted by Gasteiger charge is 2.28. The highest BCUT2D eigenvalue weighted by Crippen LogP contribution is 2.31. The van der Waals surface area contributed by atoms with Crippen molar-refractivity contribution in [2.24, 2.45) is 7.05 Å². The largest absolute Gasteiger partial charge is 0.332 e. The number of rotatable bonds is 8. The highest BCUT2D eigenvalue weighted by atomic mass is 19.3. The summed E-state index contributed by atoms with van der Waals surface area (Å²) in [5, 5.41) is 2.55. The van der Waals surface area contributed by atoms with Gasteiger partial charge >= 0.3 is 5.69 Å². The lowest BCUT2D eigenvalue weighted by Crippen LogP contribution is -2.41. The Labute approximate surface area is 214 Å². The van der Waals surface area contributed by atoms with Crippen LogP contribution in [0.15, 0.2) is 40.6 Å². The van der Waals surface area contributed by atoms with E-state index in [9.17, 15) is 28.0 Å². The third-order valence-corrected chi connectivity index (χ3v) is 5.90. The van der Waals surface area contributed by atoms with Gasteiger partial charge in [-0.05, 0) is 13.0 Å². The molecule has 0 bridgehead atoms. The minimum atomic E-state index is -3.11. The van der Waals surface area contributed by atoms with Crippen molar-refractivity contribution in [1.82, 2.24) is 33.6 Å². The molecule has 0 atom stereocenters. The summed E-state index contributed by atoms with van der Waals surface area (Å²) in [6.45, 7) is 3.12. The van der Waals surface area contributed by atoms with Crippen LogP contribution in [0, 0.1) is 6.92 Å². The number of hydrogen-bond acceptors (Lipinski definition) is 8. The Morgan fingerprint density at radius 3 is 2.53 bits per heavy atom. The van der Waals surface area contributed by atoms with Crippen LogP contribution in [-0.4, -0.2) is 45.3 Å². The molecule has 1 N–H and O–H groups in total. The Bertz CT molecular complexity index is 1680. The fraction of sp³-hybridized carbons (Fsp3) is 0.333. The molecule has 4 rings (SSSR count). The van der Waals surface area contributed by atoms with E-state index >= 15 is 0 Å². The number of hydrogen-bond donors (Lipinski definition) is 1. The topological polar surface area (TPSA) is 147 Å². The number of alkyl halides is 2. The third-order valence-electron chi connectivity index (χ3n) is 5.90. The number of Topliss-reactive ketones (excluding diaryl/α,β-unsaturated/α-hetero) is 1. The molecule has 0 saturated heterocycles. The second-order valence-corrected chi connectivity index (χ2v) is 8.75. The molecule has 0 unspecified atom stereocenters. The Kier molecular flexibility index (Phi) is 6.98. The van der Waals surface area contributed by atoms with Crippen molar-refractivity contribution < 1.29 is 18.4 Å². The van der Waals surface area contributed by atoms with Gasteiger partial charge in [0, 0.05) is 43.4 Å². The Morgan fingerprint density at radius 2 is 1.84 bits per heavy atom. The number of amides is 1. The molecule has 4 aromatic rings. The first-order valence-electron chi connectivity index (χ1n) is 11.5. The summed E-state index contributed by atoms with van der Waals surface area (Å²) in [6.07, 6.45) is 5.40. The highest BCUT2D eigenvalue weighted by molar-refractivity contribution is 5.90. The van der Waals surface area contributed by atoms with Crippen molar-refractivity contribution in [3.63, 3.8) is 0 Å². The summed E-state index contributed by atoms with van der Waals surface area (Å²) in [5.74, 6) is -3.96. The van der Waals surface area contributed by atoms with Crippen LogP contribution in [0.5, 0.6) is 0 Å². The number of carbonyl (C=O) groups is 2. The number of imidazole rings is 1. The predicted molar refractivity (Wildman–Crippen MR) is 133 cm³/mol. The van der Waals surface area contributed by atoms with Crippen LogP contribution in [0.1, 0.15) is 31.5 Å². The maximum absolute atomic E-state index is 13.9. The molecule has 0 radical (unpaired) electrons. The maximum Gasteiger partial charge on any atom is 0.332 e. The van der Waals surface area contributed by atoms with Gasteiger partial charge in [0.1, 0.15) is 6.54 Å². The van der Waals surface area contributed by atoms with Gasteiger partial charge in [-0.1, -0.05) is 6.92 Å². The lowest BCUT2D eigenvalue weighted by molar-refractivity contribution is -0.119. The molecule has 38 heavy (non-hydrogen) atoms. The Morgan fingerprint density at radius 1 is 1.11 bits per heavy atom. The molecule has 12 nitrogen and oxygen atoms in total. The number of aryl methyl sites for hydroxylation is 2. The van der Waals surface area contributed by atoms with Crippen molar-refractivity contribution in [1.29, 1.82) is 0 Å². The van der Waals surface area contributed by atoms with E-state index in [1.54, 1.807) is 6.92 Å². The van der Waals surface area contributed by atoms with Crippen molar-refractivity contribution >= 4 is 28.7 Å². The van der Waals surface area contributed by atoms with E-state index in [2.05, 4.69) is 25.3 Å². The summed E-state index contributed by atoms with van der Waals surface area (Å²) >= 11 is 0. The number of fused-ring (bicyclic) bond motifs is 1. The average molecular weight is 527 g/mol. The summed E-state index contributed by atoms with van der Waals surface area (Å²) in [5.41, 5.74) is -0.962. The molecule has 1 amide bonds. The summed E-state index contributed by atoms with van der Waals surface area (Å²) in [6, 6.07) is 1.27. The van der Waals surface area contributed by atoms with Crippen LogP contribution < -0.4 is 16.6 Å². The average Bonchev–Trinajstić information content (AvgIpc) is 3.28. The second-order valence-electron chi connectivity index (χ2n) is 8.75. The first-order chi connectivity index (χ1) is 17.9. The minimum absolute atomic E-state index is 0.0234. The van der Waals surface area contributed by atoms with Gasteiger partial charge in [0.2, 0.25) is 5.91 Å². The number of nitrogens with one attached hydrogen (secondary N) is 1. The number of anilines is 1. The molecule has 0 aliphatic rings. The molecule has 4 aromatic heterocycles. The van der Waals surface area contributed by atoms with Crippen LogP contribution in [0.3, 0.4) is 0 Å². The van der Waals surface area contributed by atoms with Crippen LogP contribution in [0.4, 0.5) is 14.6 Å². The van der Waals surface area contributed by atoms with E-state index in [1.807, 2.05) is 0 Å². The van der Waals surface area contributed by atoms with Crippen LogP contribution in [0.2, 0.25) is 0 Å². The molecular formula is C24H24F2N8O4. The zero-order valence-electron chi connectivity index (χ0n) is 21.0. The van der Waals surface area contributed by atoms with Gasteiger partial charge < -0.3 is 9.88 Å². The quantitative estimate of drug-likeness (QED) is 0.366. The summed E-state index contributed by atoms with van der Waals surface area (Å²) in [7, 11) is 1.41. The zero-order valence-corrected chi connectivity index (χ0v) is 21.0. The normalized spacial score (nSPS) is 11.6. The smallest absolute Gasteiger partial charge is 0.315 e. The molecule has 4 heterocycles. The predicted octanol–water partition coefficient (Wildman–Crippen LogP) is 1.79. The second kappa shape index (κ2) is 10.0. The van der Waals surface area contributed by atoms with E-state index in [1.165, 1.54) is 49.5 Å². The molecule has 0 fully saturated rings. The number of pyridine rings is 1. The lowest BCUT2D eigenvalue weighted by Gasteiger charge is -2.14. The molecule has 0 saturated carbocycles. The van der Waals surface area contributed by atoms with E-state index in [4.69, 9.17) is 0 Å². The molecule has 0 aromatic carbocycles. The van der Waals surface area contributed by atoms with Gasteiger partial charge in [0.05, 0.1) is 31.0 Å². The molecule has 0 aliphatic carbocycles. The zero-order chi connectivity index (χ0) is 27.8. The number of ketones is 1. The first-order valence-corrected chi connectivity index (χ1v) is 11.5. The molecule has 14 heteroatoms. The SMILES string of the molecule is CCC(=O)Cn1c(=O)c2c(ncn2CC(=O)Nc2cncc(-c3cnc(C)c(C(C)(F)F)c3)n2)n(C)c1=O. The van der Waals surface area contributed by atoms with Gasteiger partial charge in [0.25, 0.3) is 11.5 Å². The monoisotopic (exact) mass is 526 g/mol. The van der Waals surface area contributed by atoms with E-state index in [-0.39, 0.29) is 52.7 Å². The fourth-order valence-corrected chi connectivity index (χ4v) is 3.89. The summed E-state index contributed by atoms with van der Waals surface area (Å²) in [4.78, 5) is 66.7. The Hall–Kier alpha value is -4.62. The van der Waals surface area contributed by atoms with Crippen LogP contribution in [-0.2, 0) is 35.6 Å². The van der Waals surface area contributed by atoms with Crippen molar-refractivity contribution in [2.75, 3.05) is 5.32 Å². The van der Waals surface area contributed by atoms with Gasteiger partial charge in [-0.3, -0.25) is 33.5 Å². The third kappa shape index (κ3) is 5.10. The Balaban J connectivity index is 1.61. The van der Waals surface area contributed by atoms with E-state index in [0.29, 0.717) is 5.56 Å². The van der Waals surface area contributed by atoms with E-state index < -0.39 is 29.6 Å². The maximum atomic E-state index is 13.9. The van der Waals surface area contributed by atoms with Gasteiger partial charge in [0.15, 0.2) is 22.8 Å². The first kappa shape index (κ1) is 26.4. The van der Waals surface area contributed by atoms with E-state index in [0.717, 1.165) is 16.1 Å². The molecule has 198 valence electrons. The standard InChI is InChI=1S/C24H24F2N8O4/c1-5-15(35)10-34-22(37)20-21(32(4)23(34)38)29-12-33(20)11-19(36)31-18-9-27-8-17(30-18)14-6-16(24(3,25)26)13(2)28-7-14/h6-9,12H,5,10-11H2,1-4H3,(H,30,31,36). The summed E-state index contributed by atoms with van der Waals surface area (Å²) < 4.78 is 31.1. The molecule has 0 aliphatic heterocycles. The lowest BCUT2D eigenvalue weighted by atomic mass is 10.0. The van der Waals surface area contributed by atoms with Crippen molar-refractivity contribution in [2.45, 2.75) is 46.2 Å². The number of halogens is 2. The fourth-order valence-electron chi connectivity index (χ4n) is 3.89. The molecule has 0 spiro atoms. The van der Waals surface area contributed by atoms with Gasteiger partial charge in [-0.15, -0.1) is 0 Å². The number of nitrogens with zero attached hydrogens (tertiary/aromatic N) is 7.